The van der Waals surface area contributed by atoms with Gasteiger partial charge in [-0.25, -0.2) is 4.68 Å². The van der Waals surface area contributed by atoms with E-state index in [9.17, 15) is 14.7 Å². The number of rotatable bonds is 10. The molecule has 0 saturated carbocycles. The number of benzene rings is 1. The van der Waals surface area contributed by atoms with E-state index in [1.54, 1.807) is 6.92 Å². The van der Waals surface area contributed by atoms with Crippen LogP contribution in [0.5, 0.6) is 0 Å². The number of tetrazole rings is 1. The lowest BCUT2D eigenvalue weighted by atomic mass is 10.00. The third-order valence-electron chi connectivity index (χ3n) is 5.73. The van der Waals surface area contributed by atoms with Crippen LogP contribution in [-0.2, 0) is 22.6 Å². The summed E-state index contributed by atoms with van der Waals surface area (Å²) in [5.41, 5.74) is 3.45. The van der Waals surface area contributed by atoms with Crippen LogP contribution in [0.15, 0.2) is 23.0 Å². The molecule has 0 aliphatic heterocycles. The number of hydrogen-bond donors (Lipinski definition) is 2. The molecule has 33 heavy (non-hydrogen) atoms. The number of carbonyl (C=O) groups is 1. The third kappa shape index (κ3) is 5.63. The maximum absolute atomic E-state index is 12.9. The molecule has 1 aromatic carbocycles. The average molecular weight is 457 g/mol. The number of aromatic nitrogens is 5. The zero-order valence-corrected chi connectivity index (χ0v) is 19.8. The number of aromatic amines is 1. The van der Waals surface area contributed by atoms with Crippen LogP contribution in [0.3, 0.4) is 0 Å². The van der Waals surface area contributed by atoms with Crippen molar-refractivity contribution >= 4 is 16.9 Å². The van der Waals surface area contributed by atoms with Crippen molar-refractivity contribution in [3.63, 3.8) is 0 Å². The maximum Gasteiger partial charge on any atom is 0.327 e. The highest BCUT2D eigenvalue weighted by Gasteiger charge is 2.30. The summed E-state index contributed by atoms with van der Waals surface area (Å²) in [5.74, 6) is 0.0852. The monoisotopic (exact) mass is 456 g/mol. The Hall–Kier alpha value is -3.11. The highest BCUT2D eigenvalue weighted by molar-refractivity contribution is 5.80. The molecule has 2 aromatic heterocycles. The number of aliphatic hydroxyl groups excluding tert-OH is 1. The molecule has 0 aliphatic rings. The molecule has 0 saturated heterocycles. The minimum Gasteiger partial charge on any atom is -0.465 e. The van der Waals surface area contributed by atoms with E-state index >= 15 is 0 Å². The van der Waals surface area contributed by atoms with E-state index in [0.29, 0.717) is 17.9 Å². The van der Waals surface area contributed by atoms with Gasteiger partial charge in [0.25, 0.3) is 5.56 Å². The summed E-state index contributed by atoms with van der Waals surface area (Å²) in [5, 5.41) is 22.6. The second-order valence-electron chi connectivity index (χ2n) is 8.53. The molecule has 0 spiro atoms. The average Bonchev–Trinajstić information content (AvgIpc) is 3.17. The molecule has 0 radical (unpaired) electrons. The van der Waals surface area contributed by atoms with Crippen molar-refractivity contribution < 1.29 is 14.6 Å². The largest absolute Gasteiger partial charge is 0.465 e. The zero-order valence-electron chi connectivity index (χ0n) is 19.8. The Balaban J connectivity index is 1.98. The molecule has 0 aliphatic carbocycles. The van der Waals surface area contributed by atoms with Gasteiger partial charge >= 0.3 is 5.97 Å². The number of H-pyrrole nitrogens is 1. The molecule has 2 N–H and O–H groups in total. The van der Waals surface area contributed by atoms with Gasteiger partial charge in [-0.1, -0.05) is 13.8 Å². The van der Waals surface area contributed by atoms with E-state index in [2.05, 4.69) is 26.6 Å². The minimum absolute atomic E-state index is 0.0351. The first kappa shape index (κ1) is 24.5. The molecular weight excluding hydrogens is 424 g/mol. The first-order valence-corrected chi connectivity index (χ1v) is 11.1. The van der Waals surface area contributed by atoms with E-state index in [0.717, 1.165) is 22.0 Å². The fourth-order valence-electron chi connectivity index (χ4n) is 4.05. The molecule has 0 amide bonds. The van der Waals surface area contributed by atoms with Crippen LogP contribution in [-0.4, -0.2) is 60.9 Å². The summed E-state index contributed by atoms with van der Waals surface area (Å²) >= 11 is 0. The van der Waals surface area contributed by atoms with E-state index in [1.807, 2.05) is 44.7 Å². The van der Waals surface area contributed by atoms with Gasteiger partial charge in [-0.15, -0.1) is 5.10 Å². The normalized spacial score (nSPS) is 12.6. The molecule has 2 heterocycles. The van der Waals surface area contributed by atoms with Crippen molar-refractivity contribution in [1.29, 1.82) is 0 Å². The van der Waals surface area contributed by atoms with E-state index < -0.39 is 5.97 Å². The predicted octanol–water partition coefficient (Wildman–Crippen LogP) is 1.89. The standard InChI is InChI=1S/C23H32N6O4/c1-6-33-20(31)13-29-22(25-26-27-29)21(14(2)3)28(7-8-30)12-18-11-17-9-15(4)16(5)10-19(17)24-23(18)32/h9-11,14,21,30H,6-8,12-13H2,1-5H3,(H,24,32)/t21-/m0/s1. The summed E-state index contributed by atoms with van der Waals surface area (Å²) in [6, 6.07) is 5.59. The molecule has 3 aromatic rings. The Bertz CT molecular complexity index is 1170. The van der Waals surface area contributed by atoms with Crippen molar-refractivity contribution in [2.24, 2.45) is 5.92 Å². The summed E-state index contributed by atoms with van der Waals surface area (Å²) in [6.45, 7) is 10.5. The van der Waals surface area contributed by atoms with Crippen LogP contribution in [0.25, 0.3) is 10.9 Å². The van der Waals surface area contributed by atoms with Crippen LogP contribution >= 0.6 is 0 Å². The van der Waals surface area contributed by atoms with Gasteiger partial charge in [-0.3, -0.25) is 14.5 Å². The maximum atomic E-state index is 12.9. The van der Waals surface area contributed by atoms with Crippen LogP contribution in [0.2, 0.25) is 0 Å². The minimum atomic E-state index is -0.432. The van der Waals surface area contributed by atoms with Gasteiger partial charge in [-0.2, -0.15) is 0 Å². The number of aliphatic hydroxyl groups is 1. The Morgan fingerprint density at radius 1 is 1.24 bits per heavy atom. The summed E-state index contributed by atoms with van der Waals surface area (Å²) in [4.78, 5) is 29.9. The molecule has 3 rings (SSSR count). The number of carbonyl (C=O) groups excluding carboxylic acids is 1. The summed E-state index contributed by atoms with van der Waals surface area (Å²) in [6.07, 6.45) is 0. The van der Waals surface area contributed by atoms with Crippen LogP contribution < -0.4 is 5.56 Å². The molecule has 0 bridgehead atoms. The Kier molecular flexibility index (Phi) is 7.93. The lowest BCUT2D eigenvalue weighted by molar-refractivity contribution is -0.144. The second-order valence-corrected chi connectivity index (χ2v) is 8.53. The number of nitrogens with zero attached hydrogens (tertiary/aromatic N) is 5. The number of hydrogen-bond acceptors (Lipinski definition) is 8. The van der Waals surface area contributed by atoms with E-state index in [1.165, 1.54) is 4.68 Å². The molecule has 1 atom stereocenters. The zero-order chi connectivity index (χ0) is 24.1. The second kappa shape index (κ2) is 10.7. The SMILES string of the molecule is CCOC(=O)Cn1nnnc1[C@H](C(C)C)N(CCO)Cc1cc2cc(C)c(C)cc2[nH]c1=O. The van der Waals surface area contributed by atoms with Gasteiger partial charge in [0.15, 0.2) is 5.82 Å². The number of esters is 1. The van der Waals surface area contributed by atoms with Gasteiger partial charge in [0.05, 0.1) is 19.3 Å². The van der Waals surface area contributed by atoms with E-state index in [4.69, 9.17) is 4.74 Å². The van der Waals surface area contributed by atoms with Gasteiger partial charge in [0.1, 0.15) is 6.54 Å². The lowest BCUT2D eigenvalue weighted by Crippen LogP contribution is -2.37. The van der Waals surface area contributed by atoms with Crippen molar-refractivity contribution in [1.82, 2.24) is 30.1 Å². The first-order chi connectivity index (χ1) is 15.7. The Morgan fingerprint density at radius 2 is 1.97 bits per heavy atom. The highest BCUT2D eigenvalue weighted by Crippen LogP contribution is 2.28. The van der Waals surface area contributed by atoms with Gasteiger partial charge < -0.3 is 14.8 Å². The number of fused-ring (bicyclic) bond motifs is 1. The number of aryl methyl sites for hydroxylation is 2. The molecule has 10 heteroatoms. The van der Waals surface area contributed by atoms with Crippen LogP contribution in [0, 0.1) is 19.8 Å². The molecular formula is C23H32N6O4. The summed E-state index contributed by atoms with van der Waals surface area (Å²) in [7, 11) is 0. The van der Waals surface area contributed by atoms with Gasteiger partial charge in [-0.05, 0) is 71.8 Å². The number of pyridine rings is 1. The quantitative estimate of drug-likeness (QED) is 0.443. The van der Waals surface area contributed by atoms with E-state index in [-0.39, 0.29) is 43.8 Å². The Labute approximate surface area is 192 Å². The molecule has 0 unspecified atom stereocenters. The van der Waals surface area contributed by atoms with Gasteiger partial charge in [0, 0.05) is 24.2 Å². The van der Waals surface area contributed by atoms with Crippen LogP contribution in [0.1, 0.15) is 49.3 Å². The molecule has 10 nitrogen and oxygen atoms in total. The molecule has 178 valence electrons. The van der Waals surface area contributed by atoms with Crippen molar-refractivity contribution in [3.05, 3.63) is 51.1 Å². The fourth-order valence-corrected chi connectivity index (χ4v) is 4.05. The number of nitrogens with one attached hydrogen (secondary N) is 1. The van der Waals surface area contributed by atoms with Crippen molar-refractivity contribution in [2.75, 3.05) is 19.8 Å². The van der Waals surface area contributed by atoms with Crippen molar-refractivity contribution in [2.45, 2.75) is 53.8 Å². The first-order valence-electron chi connectivity index (χ1n) is 11.1. The van der Waals surface area contributed by atoms with Gasteiger partial charge in [0.2, 0.25) is 0 Å². The lowest BCUT2D eigenvalue weighted by Gasteiger charge is -2.32. The Morgan fingerprint density at radius 3 is 2.64 bits per heavy atom. The topological polar surface area (TPSA) is 126 Å². The number of ether oxygens (including phenoxy) is 1. The third-order valence-corrected chi connectivity index (χ3v) is 5.73. The smallest absolute Gasteiger partial charge is 0.327 e. The predicted molar refractivity (Wildman–Crippen MR) is 124 cm³/mol. The fraction of sp³-hybridized carbons (Fsp3) is 0.522. The van der Waals surface area contributed by atoms with Crippen molar-refractivity contribution in [3.8, 4) is 0 Å². The van der Waals surface area contributed by atoms with Crippen LogP contribution in [0.4, 0.5) is 0 Å². The highest BCUT2D eigenvalue weighted by atomic mass is 16.5. The summed E-state index contributed by atoms with van der Waals surface area (Å²) < 4.78 is 6.45. The molecule has 0 fully saturated rings.